The van der Waals surface area contributed by atoms with Gasteiger partial charge in [0.1, 0.15) is 5.75 Å². The predicted octanol–water partition coefficient (Wildman–Crippen LogP) is 2.12. The summed E-state index contributed by atoms with van der Waals surface area (Å²) < 4.78 is 5.25. The molecular formula is C16H24N2O2. The van der Waals surface area contributed by atoms with Gasteiger partial charge < -0.3 is 15.4 Å². The Morgan fingerprint density at radius 2 is 2.15 bits per heavy atom. The van der Waals surface area contributed by atoms with Gasteiger partial charge in [0.05, 0.1) is 7.11 Å². The second kappa shape index (κ2) is 7.29. The van der Waals surface area contributed by atoms with Gasteiger partial charge in [0.25, 0.3) is 5.91 Å². The Kier molecular flexibility index (Phi) is 5.41. The van der Waals surface area contributed by atoms with Gasteiger partial charge in [-0.1, -0.05) is 6.07 Å². The predicted molar refractivity (Wildman–Crippen MR) is 80.3 cm³/mol. The Morgan fingerprint density at radius 1 is 1.40 bits per heavy atom. The molecule has 1 fully saturated rings. The highest BCUT2D eigenvalue weighted by atomic mass is 16.5. The molecule has 2 rings (SSSR count). The maximum atomic E-state index is 12.1. The van der Waals surface area contributed by atoms with Crippen LogP contribution in [0.1, 0.15) is 35.2 Å². The van der Waals surface area contributed by atoms with Crippen molar-refractivity contribution in [2.45, 2.75) is 26.2 Å². The molecule has 1 aliphatic rings. The van der Waals surface area contributed by atoms with E-state index in [2.05, 4.69) is 10.6 Å². The van der Waals surface area contributed by atoms with E-state index in [0.717, 1.165) is 43.3 Å². The molecule has 1 aromatic carbocycles. The van der Waals surface area contributed by atoms with Gasteiger partial charge in [-0.25, -0.2) is 0 Å². The van der Waals surface area contributed by atoms with E-state index in [1.54, 1.807) is 13.2 Å². The Bertz CT molecular complexity index is 454. The molecule has 4 heteroatoms. The lowest BCUT2D eigenvalue weighted by Gasteiger charge is -2.22. The van der Waals surface area contributed by atoms with Crippen LogP contribution in [0.2, 0.25) is 0 Å². The summed E-state index contributed by atoms with van der Waals surface area (Å²) in [6.07, 6.45) is 3.50. The number of amides is 1. The summed E-state index contributed by atoms with van der Waals surface area (Å²) in [7, 11) is 1.63. The molecule has 1 aliphatic heterocycles. The number of carbonyl (C=O) groups is 1. The highest BCUT2D eigenvalue weighted by Gasteiger charge is 2.13. The van der Waals surface area contributed by atoms with Gasteiger partial charge in [0, 0.05) is 12.1 Å². The number of rotatable bonds is 5. The Balaban J connectivity index is 1.82. The molecule has 4 nitrogen and oxygen atoms in total. The number of ether oxygens (including phenoxy) is 1. The third-order valence-corrected chi connectivity index (χ3v) is 3.97. The number of hydrogen-bond acceptors (Lipinski definition) is 3. The van der Waals surface area contributed by atoms with Crippen LogP contribution in [-0.4, -0.2) is 32.7 Å². The molecular weight excluding hydrogens is 252 g/mol. The first-order valence-corrected chi connectivity index (χ1v) is 7.34. The first-order valence-electron chi connectivity index (χ1n) is 7.34. The van der Waals surface area contributed by atoms with Crippen LogP contribution in [-0.2, 0) is 0 Å². The van der Waals surface area contributed by atoms with E-state index >= 15 is 0 Å². The fourth-order valence-corrected chi connectivity index (χ4v) is 2.62. The Hall–Kier alpha value is -1.55. The van der Waals surface area contributed by atoms with Crippen LogP contribution in [0.4, 0.5) is 0 Å². The molecule has 110 valence electrons. The van der Waals surface area contributed by atoms with Crippen LogP contribution in [0.5, 0.6) is 5.75 Å². The van der Waals surface area contributed by atoms with E-state index in [0.29, 0.717) is 5.56 Å². The van der Waals surface area contributed by atoms with E-state index in [4.69, 9.17) is 4.74 Å². The molecule has 0 radical (unpaired) electrons. The second-order valence-corrected chi connectivity index (χ2v) is 5.42. The van der Waals surface area contributed by atoms with Gasteiger partial charge >= 0.3 is 0 Å². The average Bonchev–Trinajstić information content (AvgIpc) is 2.48. The van der Waals surface area contributed by atoms with Gasteiger partial charge in [0.2, 0.25) is 0 Å². The van der Waals surface area contributed by atoms with Gasteiger partial charge in [-0.3, -0.25) is 4.79 Å². The number of piperidine rings is 1. The number of hydrogen-bond donors (Lipinski definition) is 2. The topological polar surface area (TPSA) is 50.4 Å². The SMILES string of the molecule is COc1cc(C(=O)NCCC2CCNCC2)ccc1C. The molecule has 1 saturated heterocycles. The summed E-state index contributed by atoms with van der Waals surface area (Å²) in [4.78, 5) is 12.1. The minimum absolute atomic E-state index is 0.0164. The number of aryl methyl sites for hydroxylation is 1. The average molecular weight is 276 g/mol. The van der Waals surface area contributed by atoms with Gasteiger partial charge in [-0.2, -0.15) is 0 Å². The van der Waals surface area contributed by atoms with Crippen molar-refractivity contribution in [2.75, 3.05) is 26.7 Å². The van der Waals surface area contributed by atoms with Crippen molar-refractivity contribution >= 4 is 5.91 Å². The van der Waals surface area contributed by atoms with E-state index in [9.17, 15) is 4.79 Å². The van der Waals surface area contributed by atoms with Crippen LogP contribution in [0.3, 0.4) is 0 Å². The zero-order chi connectivity index (χ0) is 14.4. The van der Waals surface area contributed by atoms with Crippen molar-refractivity contribution in [3.05, 3.63) is 29.3 Å². The summed E-state index contributed by atoms with van der Waals surface area (Å²) in [5.41, 5.74) is 1.71. The van der Waals surface area contributed by atoms with Crippen molar-refractivity contribution in [3.8, 4) is 5.75 Å². The highest BCUT2D eigenvalue weighted by molar-refractivity contribution is 5.94. The van der Waals surface area contributed by atoms with E-state index in [1.165, 1.54) is 12.8 Å². The highest BCUT2D eigenvalue weighted by Crippen LogP contribution is 2.19. The normalized spacial score (nSPS) is 15.9. The molecule has 0 spiro atoms. The summed E-state index contributed by atoms with van der Waals surface area (Å²) in [5, 5.41) is 6.36. The molecule has 0 aliphatic carbocycles. The molecule has 20 heavy (non-hydrogen) atoms. The zero-order valence-electron chi connectivity index (χ0n) is 12.4. The lowest BCUT2D eigenvalue weighted by Crippen LogP contribution is -2.31. The lowest BCUT2D eigenvalue weighted by atomic mass is 9.95. The van der Waals surface area contributed by atoms with E-state index in [-0.39, 0.29) is 5.91 Å². The second-order valence-electron chi connectivity index (χ2n) is 5.42. The van der Waals surface area contributed by atoms with Crippen LogP contribution in [0, 0.1) is 12.8 Å². The third-order valence-electron chi connectivity index (χ3n) is 3.97. The fourth-order valence-electron chi connectivity index (χ4n) is 2.62. The zero-order valence-corrected chi connectivity index (χ0v) is 12.4. The molecule has 2 N–H and O–H groups in total. The molecule has 0 aromatic heterocycles. The van der Waals surface area contributed by atoms with Crippen LogP contribution in [0.25, 0.3) is 0 Å². The fraction of sp³-hybridized carbons (Fsp3) is 0.562. The van der Waals surface area contributed by atoms with Crippen molar-refractivity contribution in [1.29, 1.82) is 0 Å². The monoisotopic (exact) mass is 276 g/mol. The summed E-state index contributed by atoms with van der Waals surface area (Å²) in [6, 6.07) is 5.56. The Labute approximate surface area is 120 Å². The summed E-state index contributed by atoms with van der Waals surface area (Å²) >= 11 is 0. The summed E-state index contributed by atoms with van der Waals surface area (Å²) in [5.74, 6) is 1.48. The van der Waals surface area contributed by atoms with Crippen LogP contribution < -0.4 is 15.4 Å². The lowest BCUT2D eigenvalue weighted by molar-refractivity contribution is 0.0950. The number of carbonyl (C=O) groups excluding carboxylic acids is 1. The maximum Gasteiger partial charge on any atom is 0.251 e. The molecule has 0 atom stereocenters. The minimum atomic E-state index is -0.0164. The molecule has 0 bridgehead atoms. The number of benzene rings is 1. The van der Waals surface area contributed by atoms with Crippen molar-refractivity contribution in [3.63, 3.8) is 0 Å². The van der Waals surface area contributed by atoms with Crippen molar-refractivity contribution < 1.29 is 9.53 Å². The standard InChI is InChI=1S/C16H24N2O2/c1-12-3-4-14(11-15(12)20-2)16(19)18-10-7-13-5-8-17-9-6-13/h3-4,11,13,17H,5-10H2,1-2H3,(H,18,19). The van der Waals surface area contributed by atoms with E-state index in [1.807, 2.05) is 19.1 Å². The number of nitrogens with one attached hydrogen (secondary N) is 2. The largest absolute Gasteiger partial charge is 0.496 e. The smallest absolute Gasteiger partial charge is 0.251 e. The molecule has 0 saturated carbocycles. The van der Waals surface area contributed by atoms with Gasteiger partial charge in [-0.05, 0) is 62.9 Å². The first-order chi connectivity index (χ1) is 9.70. The molecule has 1 amide bonds. The number of methoxy groups -OCH3 is 1. The van der Waals surface area contributed by atoms with Gasteiger partial charge in [-0.15, -0.1) is 0 Å². The van der Waals surface area contributed by atoms with Crippen molar-refractivity contribution in [1.82, 2.24) is 10.6 Å². The minimum Gasteiger partial charge on any atom is -0.496 e. The summed E-state index contributed by atoms with van der Waals surface area (Å²) in [6.45, 7) is 4.93. The molecule has 1 heterocycles. The third kappa shape index (κ3) is 3.97. The van der Waals surface area contributed by atoms with Gasteiger partial charge in [0.15, 0.2) is 0 Å². The molecule has 1 aromatic rings. The van der Waals surface area contributed by atoms with Crippen molar-refractivity contribution in [2.24, 2.45) is 5.92 Å². The van der Waals surface area contributed by atoms with Crippen LogP contribution in [0.15, 0.2) is 18.2 Å². The van der Waals surface area contributed by atoms with E-state index < -0.39 is 0 Å². The Morgan fingerprint density at radius 3 is 2.85 bits per heavy atom. The maximum absolute atomic E-state index is 12.1. The first kappa shape index (κ1) is 14.9. The quantitative estimate of drug-likeness (QED) is 0.866. The molecule has 0 unspecified atom stereocenters. The van der Waals surface area contributed by atoms with Crippen LogP contribution >= 0.6 is 0 Å².